The lowest BCUT2D eigenvalue weighted by Gasteiger charge is -2.33. The number of pyridine rings is 1. The molecule has 0 radical (unpaired) electrons. The smallest absolute Gasteiger partial charge is 0.339 e. The number of ether oxygens (including phenoxy) is 2. The molecule has 1 amide bonds. The lowest BCUT2D eigenvalue weighted by atomic mass is 9.85. The van der Waals surface area contributed by atoms with Crippen molar-refractivity contribution in [1.82, 2.24) is 4.98 Å². The number of rotatable bonds is 5. The predicted molar refractivity (Wildman–Crippen MR) is 109 cm³/mol. The number of halogens is 3. The second kappa shape index (κ2) is 8.95. The highest BCUT2D eigenvalue weighted by atomic mass is 19.3. The minimum absolute atomic E-state index is 0.0404. The number of amides is 1. The number of nitrogens with zero attached hydrogens (tertiary/aromatic N) is 2. The molecular weight excluding hydrogens is 429 g/mol. The van der Waals surface area contributed by atoms with Crippen LogP contribution in [0.2, 0.25) is 0 Å². The Hall–Kier alpha value is -3.47. The number of esters is 1. The first-order valence-corrected chi connectivity index (χ1v) is 9.61. The molecule has 1 aliphatic rings. The third-order valence-electron chi connectivity index (χ3n) is 4.87. The highest BCUT2D eigenvalue weighted by molar-refractivity contribution is 6.03. The fourth-order valence-electron chi connectivity index (χ4n) is 3.12. The van der Waals surface area contributed by atoms with Crippen LogP contribution in [-0.4, -0.2) is 48.4 Å². The number of carbonyl (C=O) groups excluding carboxylic acids is 2. The molecule has 1 unspecified atom stereocenters. The Morgan fingerprint density at radius 1 is 1.28 bits per heavy atom. The SMILES string of the molecule is CCOC(=O)c1ccc(C(=O)Nc2ccc(F)c(C3(C)N=C(N)COCC3(F)F)c2)nc1. The van der Waals surface area contributed by atoms with E-state index < -0.39 is 41.3 Å². The van der Waals surface area contributed by atoms with Gasteiger partial charge in [-0.05, 0) is 44.2 Å². The average molecular weight is 450 g/mol. The number of nitrogens with two attached hydrogens (primary N) is 1. The van der Waals surface area contributed by atoms with Crippen LogP contribution in [0.25, 0.3) is 0 Å². The van der Waals surface area contributed by atoms with Gasteiger partial charge in [-0.2, -0.15) is 0 Å². The first-order chi connectivity index (χ1) is 15.1. The van der Waals surface area contributed by atoms with E-state index in [2.05, 4.69) is 15.3 Å². The number of hydrogen-bond acceptors (Lipinski definition) is 7. The van der Waals surface area contributed by atoms with Crippen molar-refractivity contribution in [3.8, 4) is 0 Å². The van der Waals surface area contributed by atoms with Crippen LogP contribution in [0.15, 0.2) is 41.5 Å². The highest BCUT2D eigenvalue weighted by Gasteiger charge is 2.54. The minimum atomic E-state index is -3.57. The molecule has 0 fully saturated rings. The van der Waals surface area contributed by atoms with Gasteiger partial charge in [0.2, 0.25) is 0 Å². The van der Waals surface area contributed by atoms with E-state index in [1.54, 1.807) is 6.92 Å². The molecule has 170 valence electrons. The van der Waals surface area contributed by atoms with Crippen LogP contribution < -0.4 is 11.1 Å². The molecule has 0 saturated heterocycles. The van der Waals surface area contributed by atoms with Gasteiger partial charge in [-0.25, -0.2) is 18.0 Å². The Morgan fingerprint density at radius 3 is 2.69 bits per heavy atom. The van der Waals surface area contributed by atoms with E-state index in [9.17, 15) is 22.8 Å². The maximum atomic E-state index is 14.8. The van der Waals surface area contributed by atoms with Gasteiger partial charge in [0.05, 0.1) is 12.2 Å². The summed E-state index contributed by atoms with van der Waals surface area (Å²) in [6, 6.07) is 5.89. The molecule has 0 aliphatic carbocycles. The topological polar surface area (TPSA) is 116 Å². The molecule has 1 aromatic carbocycles. The summed E-state index contributed by atoms with van der Waals surface area (Å²) >= 11 is 0. The van der Waals surface area contributed by atoms with Crippen molar-refractivity contribution in [3.05, 3.63) is 59.2 Å². The van der Waals surface area contributed by atoms with E-state index in [4.69, 9.17) is 15.2 Å². The van der Waals surface area contributed by atoms with Gasteiger partial charge in [0.25, 0.3) is 11.8 Å². The Balaban J connectivity index is 1.88. The molecule has 32 heavy (non-hydrogen) atoms. The van der Waals surface area contributed by atoms with Gasteiger partial charge in [-0.3, -0.25) is 14.8 Å². The summed E-state index contributed by atoms with van der Waals surface area (Å²) in [5.41, 5.74) is 2.97. The first kappa shape index (κ1) is 23.2. The Kier molecular flexibility index (Phi) is 6.49. The molecule has 1 atom stereocenters. The zero-order chi connectivity index (χ0) is 23.5. The maximum Gasteiger partial charge on any atom is 0.339 e. The van der Waals surface area contributed by atoms with E-state index in [-0.39, 0.29) is 36.0 Å². The summed E-state index contributed by atoms with van der Waals surface area (Å²) in [5, 5.41) is 2.47. The van der Waals surface area contributed by atoms with Gasteiger partial charge in [-0.1, -0.05) is 0 Å². The molecule has 0 spiro atoms. The molecular formula is C21H21F3N4O4. The van der Waals surface area contributed by atoms with Gasteiger partial charge in [0.15, 0.2) is 5.54 Å². The van der Waals surface area contributed by atoms with Crippen molar-refractivity contribution in [3.63, 3.8) is 0 Å². The molecule has 1 aromatic heterocycles. The van der Waals surface area contributed by atoms with Crippen LogP contribution in [0.3, 0.4) is 0 Å². The lowest BCUT2D eigenvalue weighted by molar-refractivity contribution is -0.116. The molecule has 2 heterocycles. The molecule has 8 nitrogen and oxygen atoms in total. The summed E-state index contributed by atoms with van der Waals surface area (Å²) in [7, 11) is 0. The number of aliphatic imine (C=N–C) groups is 1. The number of benzene rings is 1. The van der Waals surface area contributed by atoms with Gasteiger partial charge in [-0.15, -0.1) is 0 Å². The van der Waals surface area contributed by atoms with E-state index in [0.717, 1.165) is 19.1 Å². The molecule has 0 saturated carbocycles. The van der Waals surface area contributed by atoms with Crippen LogP contribution >= 0.6 is 0 Å². The number of aromatic nitrogens is 1. The van der Waals surface area contributed by atoms with Crippen molar-refractivity contribution in [2.45, 2.75) is 25.3 Å². The summed E-state index contributed by atoms with van der Waals surface area (Å²) < 4.78 is 53.8. The predicted octanol–water partition coefficient (Wildman–Crippen LogP) is 2.89. The second-order valence-corrected chi connectivity index (χ2v) is 7.17. The third-order valence-corrected chi connectivity index (χ3v) is 4.87. The third kappa shape index (κ3) is 4.57. The van der Waals surface area contributed by atoms with Crippen molar-refractivity contribution in [1.29, 1.82) is 0 Å². The molecule has 3 N–H and O–H groups in total. The van der Waals surface area contributed by atoms with E-state index in [1.807, 2.05) is 0 Å². The van der Waals surface area contributed by atoms with Gasteiger partial charge in [0, 0.05) is 17.4 Å². The standard InChI is InChI=1S/C21H21F3N4O4/c1-3-32-19(30)12-4-7-16(26-9-12)18(29)27-13-5-6-15(22)14(8-13)20(2)21(23,24)11-31-10-17(25)28-20/h4-9H,3,10-11H2,1-2H3,(H2,25,28)(H,27,29). The summed E-state index contributed by atoms with van der Waals surface area (Å²) in [6.07, 6.45) is 1.17. The molecule has 0 bridgehead atoms. The zero-order valence-electron chi connectivity index (χ0n) is 17.3. The Labute approximate surface area is 181 Å². The Morgan fingerprint density at radius 2 is 2.03 bits per heavy atom. The highest BCUT2D eigenvalue weighted by Crippen LogP contribution is 2.44. The van der Waals surface area contributed by atoms with Crippen LogP contribution in [0.4, 0.5) is 18.9 Å². The first-order valence-electron chi connectivity index (χ1n) is 9.61. The van der Waals surface area contributed by atoms with Crippen LogP contribution in [0, 0.1) is 5.82 Å². The summed E-state index contributed by atoms with van der Waals surface area (Å²) in [4.78, 5) is 31.9. The normalized spacial score (nSPS) is 20.1. The quantitative estimate of drug-likeness (QED) is 0.677. The van der Waals surface area contributed by atoms with E-state index >= 15 is 0 Å². The fraction of sp³-hybridized carbons (Fsp3) is 0.333. The summed E-state index contributed by atoms with van der Waals surface area (Å²) in [5.74, 6) is -5.99. The number of carbonyl (C=O) groups is 2. The van der Waals surface area contributed by atoms with Gasteiger partial charge < -0.3 is 20.5 Å². The van der Waals surface area contributed by atoms with E-state index in [1.165, 1.54) is 24.4 Å². The Bertz CT molecular complexity index is 1060. The van der Waals surface area contributed by atoms with Crippen LogP contribution in [-0.2, 0) is 15.0 Å². The number of amidine groups is 1. The average Bonchev–Trinajstić information content (AvgIpc) is 2.84. The molecule has 1 aliphatic heterocycles. The van der Waals surface area contributed by atoms with Crippen LogP contribution in [0.5, 0.6) is 0 Å². The monoisotopic (exact) mass is 450 g/mol. The second-order valence-electron chi connectivity index (χ2n) is 7.17. The largest absolute Gasteiger partial charge is 0.462 e. The molecule has 2 aromatic rings. The lowest BCUT2D eigenvalue weighted by Crippen LogP contribution is -2.45. The van der Waals surface area contributed by atoms with Gasteiger partial charge in [0.1, 0.15) is 30.6 Å². The molecule has 11 heteroatoms. The number of hydrogen-bond donors (Lipinski definition) is 2. The zero-order valence-corrected chi connectivity index (χ0v) is 17.3. The van der Waals surface area contributed by atoms with E-state index in [0.29, 0.717) is 0 Å². The number of alkyl halides is 2. The number of anilines is 1. The fourth-order valence-corrected chi connectivity index (χ4v) is 3.12. The summed E-state index contributed by atoms with van der Waals surface area (Å²) in [6.45, 7) is 1.58. The van der Waals surface area contributed by atoms with Crippen molar-refractivity contribution in [2.24, 2.45) is 10.7 Å². The number of nitrogens with one attached hydrogen (secondary N) is 1. The minimum Gasteiger partial charge on any atom is -0.462 e. The molecule has 3 rings (SSSR count). The van der Waals surface area contributed by atoms with Crippen LogP contribution in [0.1, 0.15) is 40.3 Å². The van der Waals surface area contributed by atoms with Crippen molar-refractivity contribution < 1.29 is 32.2 Å². The van der Waals surface area contributed by atoms with Crippen molar-refractivity contribution >= 4 is 23.4 Å². The van der Waals surface area contributed by atoms with Crippen molar-refractivity contribution in [2.75, 3.05) is 25.1 Å². The van der Waals surface area contributed by atoms with Gasteiger partial charge >= 0.3 is 5.97 Å². The maximum absolute atomic E-state index is 14.8.